The van der Waals surface area contributed by atoms with Gasteiger partial charge in [0, 0.05) is 43.7 Å². The number of rotatable bonds is 4. The summed E-state index contributed by atoms with van der Waals surface area (Å²) in [4.78, 5) is 34.4. The molecule has 3 aromatic heterocycles. The van der Waals surface area contributed by atoms with Crippen LogP contribution in [0, 0.1) is 17.5 Å². The summed E-state index contributed by atoms with van der Waals surface area (Å²) in [6.45, 7) is 0.951. The Hall–Kier alpha value is -4.21. The van der Waals surface area contributed by atoms with E-state index in [0.717, 1.165) is 40.9 Å². The summed E-state index contributed by atoms with van der Waals surface area (Å²) in [6.07, 6.45) is 5.02. The second-order valence-corrected chi connectivity index (χ2v) is 8.02. The van der Waals surface area contributed by atoms with Crippen molar-refractivity contribution in [2.75, 3.05) is 18.0 Å². The minimum Gasteiger partial charge on any atom is -0.477 e. The van der Waals surface area contributed by atoms with Crippen molar-refractivity contribution in [3.05, 3.63) is 93.8 Å². The lowest BCUT2D eigenvalue weighted by Gasteiger charge is -2.20. The van der Waals surface area contributed by atoms with Crippen LogP contribution in [-0.2, 0) is 0 Å². The highest BCUT2D eigenvalue weighted by Crippen LogP contribution is 2.32. The normalized spacial score (nSPS) is 15.7. The Morgan fingerprint density at radius 1 is 1.06 bits per heavy atom. The van der Waals surface area contributed by atoms with E-state index in [2.05, 4.69) is 9.97 Å². The Bertz CT molecular complexity index is 1490. The molecule has 1 N–H and O–H groups in total. The molecule has 1 saturated heterocycles. The maximum atomic E-state index is 15.1. The molecule has 0 spiro atoms. The van der Waals surface area contributed by atoms with Gasteiger partial charge in [0.1, 0.15) is 17.2 Å². The average molecular weight is 466 g/mol. The highest BCUT2D eigenvalue weighted by Gasteiger charge is 2.28. The molecular formula is C24H17F3N4O3. The number of benzene rings is 1. The van der Waals surface area contributed by atoms with Gasteiger partial charge in [0.05, 0.1) is 11.1 Å². The summed E-state index contributed by atoms with van der Waals surface area (Å²) in [5.41, 5.74) is -0.950. The molecule has 1 atom stereocenters. The molecule has 1 unspecified atom stereocenters. The first-order valence-electron chi connectivity index (χ1n) is 10.4. The molecule has 0 saturated carbocycles. The first-order chi connectivity index (χ1) is 16.3. The largest absolute Gasteiger partial charge is 0.477 e. The van der Waals surface area contributed by atoms with Crippen molar-refractivity contribution in [2.24, 2.45) is 0 Å². The summed E-state index contributed by atoms with van der Waals surface area (Å²) in [5, 5.41) is 9.13. The molecule has 5 rings (SSSR count). The number of nitrogens with zero attached hydrogens (tertiary/aromatic N) is 4. The van der Waals surface area contributed by atoms with Crippen LogP contribution in [0.5, 0.6) is 0 Å². The zero-order chi connectivity index (χ0) is 24.0. The minimum atomic E-state index is -1.56. The molecule has 1 aliphatic rings. The van der Waals surface area contributed by atoms with Gasteiger partial charge in [0.2, 0.25) is 5.43 Å². The van der Waals surface area contributed by atoms with E-state index in [1.807, 2.05) is 12.1 Å². The summed E-state index contributed by atoms with van der Waals surface area (Å²) in [6, 6.07) is 7.42. The molecular weight excluding hydrogens is 449 g/mol. The number of halogens is 3. The predicted octanol–water partition coefficient (Wildman–Crippen LogP) is 3.89. The van der Waals surface area contributed by atoms with Gasteiger partial charge in [0.25, 0.3) is 0 Å². The zero-order valence-electron chi connectivity index (χ0n) is 17.6. The van der Waals surface area contributed by atoms with Crippen LogP contribution in [0.4, 0.5) is 19.0 Å². The maximum Gasteiger partial charge on any atom is 0.341 e. The molecule has 1 fully saturated rings. The van der Waals surface area contributed by atoms with Gasteiger partial charge < -0.3 is 10.0 Å². The molecule has 34 heavy (non-hydrogen) atoms. The fraction of sp³-hybridized carbons (Fsp3) is 0.167. The second-order valence-electron chi connectivity index (χ2n) is 8.02. The zero-order valence-corrected chi connectivity index (χ0v) is 17.6. The van der Waals surface area contributed by atoms with E-state index in [0.29, 0.717) is 19.2 Å². The first kappa shape index (κ1) is 21.6. The van der Waals surface area contributed by atoms with Gasteiger partial charge >= 0.3 is 5.97 Å². The van der Waals surface area contributed by atoms with Gasteiger partial charge in [-0.2, -0.15) is 0 Å². The fourth-order valence-corrected chi connectivity index (χ4v) is 4.31. The predicted molar refractivity (Wildman–Crippen MR) is 118 cm³/mol. The van der Waals surface area contributed by atoms with Crippen molar-refractivity contribution in [3.8, 4) is 5.69 Å². The van der Waals surface area contributed by atoms with Crippen LogP contribution in [-0.4, -0.2) is 38.7 Å². The van der Waals surface area contributed by atoms with Crippen molar-refractivity contribution in [1.29, 1.82) is 0 Å². The van der Waals surface area contributed by atoms with Gasteiger partial charge in [-0.05, 0) is 42.3 Å². The number of aromatic nitrogens is 3. The van der Waals surface area contributed by atoms with Crippen LogP contribution >= 0.6 is 0 Å². The van der Waals surface area contributed by atoms with Crippen molar-refractivity contribution in [3.63, 3.8) is 0 Å². The van der Waals surface area contributed by atoms with Crippen molar-refractivity contribution >= 4 is 22.8 Å². The number of pyridine rings is 3. The third-order valence-corrected chi connectivity index (χ3v) is 5.98. The molecule has 0 amide bonds. The van der Waals surface area contributed by atoms with Crippen LogP contribution in [0.1, 0.15) is 28.3 Å². The lowest BCUT2D eigenvalue weighted by Crippen LogP contribution is -2.24. The van der Waals surface area contributed by atoms with E-state index in [-0.39, 0.29) is 28.5 Å². The van der Waals surface area contributed by atoms with Crippen molar-refractivity contribution in [1.82, 2.24) is 14.5 Å². The third-order valence-electron chi connectivity index (χ3n) is 5.98. The number of hydrogen-bond donors (Lipinski definition) is 1. The molecule has 0 radical (unpaired) electrons. The first-order valence-corrected chi connectivity index (χ1v) is 10.4. The van der Waals surface area contributed by atoms with Crippen LogP contribution in [0.15, 0.2) is 59.8 Å². The molecule has 0 aliphatic carbocycles. The van der Waals surface area contributed by atoms with Crippen LogP contribution < -0.4 is 10.3 Å². The van der Waals surface area contributed by atoms with Crippen LogP contribution in [0.2, 0.25) is 0 Å². The van der Waals surface area contributed by atoms with Gasteiger partial charge in [0.15, 0.2) is 17.3 Å². The summed E-state index contributed by atoms with van der Waals surface area (Å²) in [7, 11) is 0. The van der Waals surface area contributed by atoms with Gasteiger partial charge in [-0.1, -0.05) is 0 Å². The Balaban J connectivity index is 1.68. The molecule has 1 aromatic carbocycles. The number of carboxylic acid groups (broad SMARTS) is 1. The summed E-state index contributed by atoms with van der Waals surface area (Å²) in [5.74, 6) is -4.10. The molecule has 0 bridgehead atoms. The minimum absolute atomic E-state index is 0.0391. The summed E-state index contributed by atoms with van der Waals surface area (Å²) < 4.78 is 44.3. The number of aromatic carboxylic acids is 1. The smallest absolute Gasteiger partial charge is 0.341 e. The summed E-state index contributed by atoms with van der Waals surface area (Å²) >= 11 is 0. The molecule has 4 heterocycles. The highest BCUT2D eigenvalue weighted by atomic mass is 19.1. The fourth-order valence-electron chi connectivity index (χ4n) is 4.31. The third kappa shape index (κ3) is 3.66. The molecule has 4 aromatic rings. The van der Waals surface area contributed by atoms with E-state index in [4.69, 9.17) is 0 Å². The molecule has 172 valence electrons. The lowest BCUT2D eigenvalue weighted by molar-refractivity contribution is 0.0695. The number of hydrogen-bond acceptors (Lipinski definition) is 5. The monoisotopic (exact) mass is 466 g/mol. The number of carbonyl (C=O) groups is 1. The second kappa shape index (κ2) is 8.29. The Kier molecular flexibility index (Phi) is 5.27. The molecule has 1 aliphatic heterocycles. The SMILES string of the molecule is O=C(O)c1cn(-c2ccc(F)cc2F)c2nc(N3CCC(c4ccncc4)C3)c(F)cc2c1=O. The van der Waals surface area contributed by atoms with E-state index in [1.165, 1.54) is 0 Å². The van der Waals surface area contributed by atoms with Crippen LogP contribution in [0.25, 0.3) is 16.7 Å². The standard InChI is InChI=1S/C24H17F3N4O3/c25-15-1-2-20(18(26)9-15)31-12-17(24(33)34)21(32)16-10-19(27)23(29-22(16)31)30-8-5-14(11-30)13-3-6-28-7-4-13/h1-4,6-7,9-10,12,14H,5,8,11H2,(H,33,34). The Morgan fingerprint density at radius 3 is 2.53 bits per heavy atom. The lowest BCUT2D eigenvalue weighted by atomic mass is 10.00. The van der Waals surface area contributed by atoms with E-state index >= 15 is 4.39 Å². The Labute approximate surface area is 190 Å². The van der Waals surface area contributed by atoms with Gasteiger partial charge in [-0.15, -0.1) is 0 Å². The number of carboxylic acids is 1. The van der Waals surface area contributed by atoms with Crippen molar-refractivity contribution < 1.29 is 23.1 Å². The average Bonchev–Trinajstić information content (AvgIpc) is 3.30. The quantitative estimate of drug-likeness (QED) is 0.491. The maximum absolute atomic E-state index is 15.1. The van der Waals surface area contributed by atoms with E-state index < -0.39 is 34.4 Å². The Morgan fingerprint density at radius 2 is 1.82 bits per heavy atom. The highest BCUT2D eigenvalue weighted by molar-refractivity contribution is 5.92. The molecule has 7 nitrogen and oxygen atoms in total. The van der Waals surface area contributed by atoms with Crippen LogP contribution in [0.3, 0.4) is 0 Å². The van der Waals surface area contributed by atoms with Crippen molar-refractivity contribution in [2.45, 2.75) is 12.3 Å². The van der Waals surface area contributed by atoms with Gasteiger partial charge in [-0.25, -0.2) is 22.9 Å². The topological polar surface area (TPSA) is 88.3 Å². The molecule has 10 heteroatoms. The number of fused-ring (bicyclic) bond motifs is 1. The number of anilines is 1. The van der Waals surface area contributed by atoms with E-state index in [1.54, 1.807) is 17.3 Å². The van der Waals surface area contributed by atoms with E-state index in [9.17, 15) is 23.5 Å². The van der Waals surface area contributed by atoms with Gasteiger partial charge in [-0.3, -0.25) is 14.3 Å².